The first-order valence-corrected chi connectivity index (χ1v) is 8.85. The lowest BCUT2D eigenvalue weighted by atomic mass is 9.99. The third kappa shape index (κ3) is 5.67. The molecule has 0 unspecified atom stereocenters. The maximum Gasteiger partial charge on any atom is 0.250 e. The van der Waals surface area contributed by atoms with E-state index in [1.807, 2.05) is 12.1 Å². The fraction of sp³-hybridized carbons (Fsp3) is 0.467. The average Bonchev–Trinajstić information content (AvgIpc) is 2.46. The molecule has 2 rings (SSSR count). The van der Waals surface area contributed by atoms with E-state index in [2.05, 4.69) is 38.6 Å². The number of carbonyl (C=O) groups excluding carboxylic acids is 1. The van der Waals surface area contributed by atoms with E-state index >= 15 is 0 Å². The van der Waals surface area contributed by atoms with Crippen molar-refractivity contribution in [3.63, 3.8) is 0 Å². The van der Waals surface area contributed by atoms with Gasteiger partial charge >= 0.3 is 0 Å². The molecule has 5 heteroatoms. The molecular formula is C15H19BrN2OS. The van der Waals surface area contributed by atoms with Crippen molar-refractivity contribution in [2.75, 3.05) is 5.75 Å². The number of halogens is 1. The molecular weight excluding hydrogens is 336 g/mol. The van der Waals surface area contributed by atoms with E-state index in [9.17, 15) is 4.79 Å². The van der Waals surface area contributed by atoms with Crippen LogP contribution in [0.3, 0.4) is 0 Å². The van der Waals surface area contributed by atoms with Crippen LogP contribution in [0.4, 0.5) is 0 Å². The molecule has 1 aliphatic rings. The highest BCUT2D eigenvalue weighted by Crippen LogP contribution is 2.17. The van der Waals surface area contributed by atoms with Crippen molar-refractivity contribution in [3.05, 3.63) is 34.3 Å². The number of hydrogen-bond acceptors (Lipinski definition) is 3. The van der Waals surface area contributed by atoms with Gasteiger partial charge in [-0.3, -0.25) is 4.79 Å². The summed E-state index contributed by atoms with van der Waals surface area (Å²) in [5.41, 5.74) is 5.03. The number of rotatable bonds is 5. The van der Waals surface area contributed by atoms with E-state index in [1.54, 1.807) is 11.8 Å². The lowest BCUT2D eigenvalue weighted by molar-refractivity contribution is -0.118. The molecule has 0 radical (unpaired) electrons. The molecule has 1 saturated carbocycles. The Hall–Kier alpha value is -0.810. The quantitative estimate of drug-likeness (QED) is 0.808. The second kappa shape index (κ2) is 8.47. The Morgan fingerprint density at radius 2 is 2.10 bits per heavy atom. The topological polar surface area (TPSA) is 41.5 Å². The van der Waals surface area contributed by atoms with Gasteiger partial charge in [-0.1, -0.05) is 34.5 Å². The Labute approximate surface area is 132 Å². The van der Waals surface area contributed by atoms with Crippen molar-refractivity contribution in [3.8, 4) is 0 Å². The number of thioether (sulfide) groups is 1. The van der Waals surface area contributed by atoms with Crippen LogP contribution in [0, 0.1) is 0 Å². The van der Waals surface area contributed by atoms with Gasteiger partial charge in [0, 0.05) is 15.9 Å². The molecule has 0 saturated heterocycles. The first-order valence-electron chi connectivity index (χ1n) is 6.90. The number of nitrogens with zero attached hydrogens (tertiary/aromatic N) is 1. The van der Waals surface area contributed by atoms with Crippen molar-refractivity contribution in [2.45, 2.75) is 37.9 Å². The minimum atomic E-state index is -0.0110. The Kier molecular flexibility index (Phi) is 6.60. The Balaban J connectivity index is 1.67. The number of benzene rings is 1. The fourth-order valence-electron chi connectivity index (χ4n) is 2.13. The highest BCUT2D eigenvalue weighted by atomic mass is 79.9. The number of hydrazone groups is 1. The van der Waals surface area contributed by atoms with Crippen molar-refractivity contribution in [2.24, 2.45) is 5.10 Å². The third-order valence-electron chi connectivity index (χ3n) is 3.16. The van der Waals surface area contributed by atoms with Gasteiger partial charge in [-0.15, -0.1) is 11.8 Å². The Bertz CT molecular complexity index is 483. The van der Waals surface area contributed by atoms with Gasteiger partial charge in [0.1, 0.15) is 0 Å². The van der Waals surface area contributed by atoms with Crippen LogP contribution in [-0.4, -0.2) is 17.4 Å². The summed E-state index contributed by atoms with van der Waals surface area (Å²) in [6, 6.07) is 8.15. The molecule has 1 aromatic rings. The maximum atomic E-state index is 11.7. The highest BCUT2D eigenvalue weighted by molar-refractivity contribution is 9.10. The van der Waals surface area contributed by atoms with Gasteiger partial charge < -0.3 is 0 Å². The van der Waals surface area contributed by atoms with Crippen LogP contribution >= 0.6 is 27.7 Å². The average molecular weight is 355 g/mol. The van der Waals surface area contributed by atoms with Gasteiger partial charge in [-0.25, -0.2) is 5.43 Å². The predicted molar refractivity (Wildman–Crippen MR) is 89.0 cm³/mol. The van der Waals surface area contributed by atoms with Crippen LogP contribution in [0.15, 0.2) is 33.8 Å². The van der Waals surface area contributed by atoms with E-state index < -0.39 is 0 Å². The van der Waals surface area contributed by atoms with Crippen molar-refractivity contribution >= 4 is 39.3 Å². The van der Waals surface area contributed by atoms with Crippen molar-refractivity contribution in [1.29, 1.82) is 0 Å². The summed E-state index contributed by atoms with van der Waals surface area (Å²) in [6.45, 7) is 0. The van der Waals surface area contributed by atoms with Gasteiger partial charge in [-0.2, -0.15) is 5.10 Å². The molecule has 108 valence electrons. The Morgan fingerprint density at radius 3 is 2.85 bits per heavy atom. The lowest BCUT2D eigenvalue weighted by Crippen LogP contribution is -2.22. The molecule has 1 amide bonds. The standard InChI is InChI=1S/C15H19BrN2OS/c16-13-6-4-5-12(9-13)10-20-11-15(19)18-17-14-7-2-1-3-8-14/h4-6,9H,1-3,7-8,10-11H2,(H,18,19). The molecule has 1 N–H and O–H groups in total. The molecule has 1 fully saturated rings. The largest absolute Gasteiger partial charge is 0.272 e. The van der Waals surface area contributed by atoms with Crippen molar-refractivity contribution in [1.82, 2.24) is 5.43 Å². The minimum Gasteiger partial charge on any atom is -0.272 e. The van der Waals surface area contributed by atoms with Gasteiger partial charge in [0.15, 0.2) is 0 Å². The zero-order valence-corrected chi connectivity index (χ0v) is 13.8. The molecule has 3 nitrogen and oxygen atoms in total. The van der Waals surface area contributed by atoms with Crippen LogP contribution in [-0.2, 0) is 10.5 Å². The second-order valence-corrected chi connectivity index (χ2v) is 6.80. The summed E-state index contributed by atoms with van der Waals surface area (Å²) in [7, 11) is 0. The zero-order chi connectivity index (χ0) is 14.2. The zero-order valence-electron chi connectivity index (χ0n) is 11.4. The number of amides is 1. The normalized spacial score (nSPS) is 14.9. The SMILES string of the molecule is O=C(CSCc1cccc(Br)c1)NN=C1CCCCC1. The fourth-order valence-corrected chi connectivity index (χ4v) is 3.35. The van der Waals surface area contributed by atoms with Crippen molar-refractivity contribution < 1.29 is 4.79 Å². The molecule has 0 bridgehead atoms. The first kappa shape index (κ1) is 15.6. The van der Waals surface area contributed by atoms with E-state index in [0.717, 1.165) is 28.8 Å². The highest BCUT2D eigenvalue weighted by Gasteiger charge is 2.07. The van der Waals surface area contributed by atoms with E-state index in [4.69, 9.17) is 0 Å². The predicted octanol–water partition coefficient (Wildman–Crippen LogP) is 4.12. The summed E-state index contributed by atoms with van der Waals surface area (Å²) in [4.78, 5) is 11.7. The van der Waals surface area contributed by atoms with Crippen LogP contribution in [0.5, 0.6) is 0 Å². The number of nitrogens with one attached hydrogen (secondary N) is 1. The maximum absolute atomic E-state index is 11.7. The monoisotopic (exact) mass is 354 g/mol. The van der Waals surface area contributed by atoms with Crippen LogP contribution < -0.4 is 5.43 Å². The van der Waals surface area contributed by atoms with E-state index in [-0.39, 0.29) is 5.91 Å². The molecule has 1 aromatic carbocycles. The molecule has 0 aliphatic heterocycles. The van der Waals surface area contributed by atoms with Gasteiger partial charge in [0.25, 0.3) is 0 Å². The molecule has 0 atom stereocenters. The van der Waals surface area contributed by atoms with Crippen LogP contribution in [0.2, 0.25) is 0 Å². The number of carbonyl (C=O) groups is 1. The van der Waals surface area contributed by atoms with Crippen LogP contribution in [0.25, 0.3) is 0 Å². The van der Waals surface area contributed by atoms with E-state index in [1.165, 1.54) is 24.8 Å². The summed E-state index contributed by atoms with van der Waals surface area (Å²) >= 11 is 5.05. The smallest absolute Gasteiger partial charge is 0.250 e. The third-order valence-corrected chi connectivity index (χ3v) is 4.66. The molecule has 1 aliphatic carbocycles. The summed E-state index contributed by atoms with van der Waals surface area (Å²) < 4.78 is 1.07. The first-order chi connectivity index (χ1) is 9.74. The Morgan fingerprint density at radius 1 is 1.30 bits per heavy atom. The number of hydrogen-bond donors (Lipinski definition) is 1. The molecule has 20 heavy (non-hydrogen) atoms. The molecule has 0 heterocycles. The van der Waals surface area contributed by atoms with Gasteiger partial charge in [-0.05, 0) is 43.4 Å². The molecule has 0 aromatic heterocycles. The van der Waals surface area contributed by atoms with E-state index in [0.29, 0.717) is 5.75 Å². The summed E-state index contributed by atoms with van der Waals surface area (Å²) in [5.74, 6) is 1.27. The minimum absolute atomic E-state index is 0.0110. The van der Waals surface area contributed by atoms with Gasteiger partial charge in [0.05, 0.1) is 5.75 Å². The molecule has 0 spiro atoms. The van der Waals surface area contributed by atoms with Crippen LogP contribution in [0.1, 0.15) is 37.7 Å². The lowest BCUT2D eigenvalue weighted by Gasteiger charge is -2.11. The van der Waals surface area contributed by atoms with Gasteiger partial charge in [0.2, 0.25) is 5.91 Å². The second-order valence-electron chi connectivity index (χ2n) is 4.90. The summed E-state index contributed by atoms with van der Waals surface area (Å²) in [6.07, 6.45) is 5.76. The summed E-state index contributed by atoms with van der Waals surface area (Å²) in [5, 5.41) is 4.22.